The number of pyridine rings is 1. The molecule has 0 aromatic carbocycles. The van der Waals surface area contributed by atoms with E-state index in [4.69, 9.17) is 23.2 Å². The average Bonchev–Trinajstić information content (AvgIpc) is 2.35. The van der Waals surface area contributed by atoms with Gasteiger partial charge in [0.2, 0.25) is 0 Å². The minimum absolute atomic E-state index is 0.150. The third-order valence-corrected chi connectivity index (χ3v) is 3.02. The molecule has 0 atom stereocenters. The first-order chi connectivity index (χ1) is 8.56. The van der Waals surface area contributed by atoms with E-state index in [0.29, 0.717) is 10.4 Å². The maximum Gasteiger partial charge on any atom is 0.258 e. The summed E-state index contributed by atoms with van der Waals surface area (Å²) in [6, 6.07) is 1.43. The Kier molecular flexibility index (Phi) is 4.11. The minimum atomic E-state index is -0.391. The van der Waals surface area contributed by atoms with Gasteiger partial charge in [0.05, 0.1) is 23.0 Å². The summed E-state index contributed by atoms with van der Waals surface area (Å²) >= 11 is 14.6. The third-order valence-electron chi connectivity index (χ3n) is 1.92. The maximum atomic E-state index is 11.8. The van der Waals surface area contributed by atoms with Crippen LogP contribution in [0.3, 0.4) is 0 Å². The van der Waals surface area contributed by atoms with E-state index < -0.39 is 5.91 Å². The van der Waals surface area contributed by atoms with E-state index in [1.165, 1.54) is 24.7 Å². The van der Waals surface area contributed by atoms with Crippen LogP contribution >= 0.6 is 39.1 Å². The number of nitrogens with zero attached hydrogens (tertiary/aromatic N) is 3. The van der Waals surface area contributed by atoms with E-state index in [1.54, 1.807) is 0 Å². The smallest absolute Gasteiger partial charge is 0.258 e. The second-order valence-electron chi connectivity index (χ2n) is 3.18. The standard InChI is InChI=1S/C10H5BrCl2N4O/c11-7-3-15-8(4-14-7)17-10(18)5-1-6(12)9(13)16-2-5/h1-4H,(H,15,17,18). The van der Waals surface area contributed by atoms with Gasteiger partial charge in [-0.15, -0.1) is 0 Å². The van der Waals surface area contributed by atoms with Crippen LogP contribution in [-0.4, -0.2) is 20.9 Å². The average molecular weight is 348 g/mol. The van der Waals surface area contributed by atoms with Crippen LogP contribution in [-0.2, 0) is 0 Å². The number of nitrogens with one attached hydrogen (secondary N) is 1. The lowest BCUT2D eigenvalue weighted by molar-refractivity contribution is 0.102. The zero-order chi connectivity index (χ0) is 13.1. The van der Waals surface area contributed by atoms with Crippen LogP contribution in [0.4, 0.5) is 5.82 Å². The summed E-state index contributed by atoms with van der Waals surface area (Å²) in [5, 5.41) is 2.92. The fourth-order valence-electron chi connectivity index (χ4n) is 1.11. The molecule has 2 rings (SSSR count). The van der Waals surface area contributed by atoms with Crippen LogP contribution in [0.2, 0.25) is 10.2 Å². The fourth-order valence-corrected chi connectivity index (χ4v) is 1.59. The molecule has 0 radical (unpaired) electrons. The molecule has 0 aliphatic rings. The molecule has 5 nitrogen and oxygen atoms in total. The zero-order valence-electron chi connectivity index (χ0n) is 8.69. The Labute approximate surface area is 121 Å². The van der Waals surface area contributed by atoms with Gasteiger partial charge < -0.3 is 5.32 Å². The Morgan fingerprint density at radius 2 is 1.94 bits per heavy atom. The summed E-state index contributed by atoms with van der Waals surface area (Å²) in [6.07, 6.45) is 4.23. The number of carbonyl (C=O) groups is 1. The molecular formula is C10H5BrCl2N4O. The number of anilines is 1. The second-order valence-corrected chi connectivity index (χ2v) is 4.75. The lowest BCUT2D eigenvalue weighted by Gasteiger charge is -2.04. The molecule has 0 aliphatic heterocycles. The molecule has 2 aromatic rings. The van der Waals surface area contributed by atoms with Crippen molar-refractivity contribution in [3.63, 3.8) is 0 Å². The molecule has 0 fully saturated rings. The lowest BCUT2D eigenvalue weighted by Crippen LogP contribution is -2.13. The molecule has 0 saturated heterocycles. The molecule has 8 heteroatoms. The second kappa shape index (κ2) is 5.60. The maximum absolute atomic E-state index is 11.8. The molecule has 18 heavy (non-hydrogen) atoms. The van der Waals surface area contributed by atoms with Crippen molar-refractivity contribution in [3.8, 4) is 0 Å². The summed E-state index contributed by atoms with van der Waals surface area (Å²) in [6.45, 7) is 0. The highest BCUT2D eigenvalue weighted by Crippen LogP contribution is 2.20. The largest absolute Gasteiger partial charge is 0.305 e. The van der Waals surface area contributed by atoms with Gasteiger partial charge in [0.15, 0.2) is 5.82 Å². The topological polar surface area (TPSA) is 67.8 Å². The molecule has 0 unspecified atom stereocenters. The molecule has 1 N–H and O–H groups in total. The molecule has 0 aliphatic carbocycles. The predicted molar refractivity (Wildman–Crippen MR) is 71.9 cm³/mol. The lowest BCUT2D eigenvalue weighted by atomic mass is 10.3. The highest BCUT2D eigenvalue weighted by Gasteiger charge is 2.10. The van der Waals surface area contributed by atoms with Crippen LogP contribution in [0.1, 0.15) is 10.4 Å². The van der Waals surface area contributed by atoms with Crippen LogP contribution in [0.5, 0.6) is 0 Å². The molecule has 0 bridgehead atoms. The number of carbonyl (C=O) groups excluding carboxylic acids is 1. The first-order valence-corrected chi connectivity index (χ1v) is 6.21. The van der Waals surface area contributed by atoms with Crippen molar-refractivity contribution in [2.75, 3.05) is 5.32 Å². The zero-order valence-corrected chi connectivity index (χ0v) is 11.8. The number of hydrogen-bond donors (Lipinski definition) is 1. The molecular weight excluding hydrogens is 343 g/mol. The van der Waals surface area contributed by atoms with Crippen LogP contribution < -0.4 is 5.32 Å². The molecule has 1 amide bonds. The van der Waals surface area contributed by atoms with Crippen LogP contribution in [0.25, 0.3) is 0 Å². The summed E-state index contributed by atoms with van der Waals surface area (Å²) in [5.41, 5.74) is 0.286. The number of amides is 1. The van der Waals surface area contributed by atoms with Gasteiger partial charge in [-0.05, 0) is 22.0 Å². The number of hydrogen-bond acceptors (Lipinski definition) is 4. The van der Waals surface area contributed by atoms with Crippen molar-refractivity contribution in [3.05, 3.63) is 45.0 Å². The van der Waals surface area contributed by atoms with Gasteiger partial charge in [-0.3, -0.25) is 4.79 Å². The monoisotopic (exact) mass is 346 g/mol. The Morgan fingerprint density at radius 1 is 1.17 bits per heavy atom. The number of halogens is 3. The van der Waals surface area contributed by atoms with E-state index in [-0.39, 0.29) is 15.7 Å². The molecule has 2 aromatic heterocycles. The van der Waals surface area contributed by atoms with Gasteiger partial charge in [-0.2, -0.15) is 0 Å². The van der Waals surface area contributed by atoms with Crippen molar-refractivity contribution in [1.82, 2.24) is 15.0 Å². The summed E-state index contributed by atoms with van der Waals surface area (Å²) in [5.74, 6) is -0.0630. The molecule has 92 valence electrons. The van der Waals surface area contributed by atoms with Gasteiger partial charge >= 0.3 is 0 Å². The highest BCUT2D eigenvalue weighted by atomic mass is 79.9. The van der Waals surface area contributed by atoms with Crippen LogP contribution in [0, 0.1) is 0 Å². The number of rotatable bonds is 2. The molecule has 0 spiro atoms. The normalized spacial score (nSPS) is 10.2. The quantitative estimate of drug-likeness (QED) is 0.847. The summed E-state index contributed by atoms with van der Waals surface area (Å²) in [7, 11) is 0. The Morgan fingerprint density at radius 3 is 2.56 bits per heavy atom. The van der Waals surface area contributed by atoms with E-state index in [9.17, 15) is 4.79 Å². The summed E-state index contributed by atoms with van der Waals surface area (Å²) < 4.78 is 0.580. The summed E-state index contributed by atoms with van der Waals surface area (Å²) in [4.78, 5) is 23.5. The SMILES string of the molecule is O=C(Nc1cnc(Br)cn1)c1cnc(Cl)c(Cl)c1. The Hall–Kier alpha value is -1.24. The van der Waals surface area contributed by atoms with E-state index >= 15 is 0 Å². The van der Waals surface area contributed by atoms with Gasteiger partial charge in [0.1, 0.15) is 9.76 Å². The highest BCUT2D eigenvalue weighted by molar-refractivity contribution is 9.10. The van der Waals surface area contributed by atoms with Gasteiger partial charge in [-0.1, -0.05) is 23.2 Å². The first kappa shape index (κ1) is 13.2. The first-order valence-electron chi connectivity index (χ1n) is 4.66. The van der Waals surface area contributed by atoms with Gasteiger partial charge in [-0.25, -0.2) is 15.0 Å². The van der Waals surface area contributed by atoms with Crippen LogP contribution in [0.15, 0.2) is 29.3 Å². The van der Waals surface area contributed by atoms with Gasteiger partial charge in [0.25, 0.3) is 5.91 Å². The van der Waals surface area contributed by atoms with Gasteiger partial charge in [0, 0.05) is 6.20 Å². The van der Waals surface area contributed by atoms with Crippen molar-refractivity contribution < 1.29 is 4.79 Å². The molecule has 2 heterocycles. The van der Waals surface area contributed by atoms with Crippen molar-refractivity contribution in [2.24, 2.45) is 0 Å². The predicted octanol–water partition coefficient (Wildman–Crippen LogP) is 3.19. The Balaban J connectivity index is 2.16. The van der Waals surface area contributed by atoms with Crippen molar-refractivity contribution >= 4 is 50.9 Å². The molecule has 0 saturated carbocycles. The minimum Gasteiger partial charge on any atom is -0.305 e. The van der Waals surface area contributed by atoms with Crippen molar-refractivity contribution in [1.29, 1.82) is 0 Å². The Bertz CT molecular complexity index is 591. The van der Waals surface area contributed by atoms with E-state index in [1.807, 2.05) is 0 Å². The van der Waals surface area contributed by atoms with Crippen molar-refractivity contribution in [2.45, 2.75) is 0 Å². The third kappa shape index (κ3) is 3.16. The number of aromatic nitrogens is 3. The van der Waals surface area contributed by atoms with E-state index in [2.05, 4.69) is 36.2 Å². The van der Waals surface area contributed by atoms with E-state index in [0.717, 1.165) is 0 Å². The fraction of sp³-hybridized carbons (Fsp3) is 0.